The van der Waals surface area contributed by atoms with Crippen molar-refractivity contribution < 1.29 is 9.90 Å². The molecule has 0 radical (unpaired) electrons. The van der Waals surface area contributed by atoms with Gasteiger partial charge in [0.2, 0.25) is 0 Å². The second-order valence-electron chi connectivity index (χ2n) is 5.35. The standard InChI is InChI=1S/C18H21NO2/c1-14(19(2)13-17(20)21)18(15-9-5-3-6-10-15)16-11-7-4-8-12-16/h3-12,14,18H,13H2,1-2H3,(H,20,21). The van der Waals surface area contributed by atoms with Crippen LogP contribution < -0.4 is 0 Å². The van der Waals surface area contributed by atoms with Crippen molar-refractivity contribution in [3.8, 4) is 0 Å². The summed E-state index contributed by atoms with van der Waals surface area (Å²) in [6, 6.07) is 20.6. The minimum Gasteiger partial charge on any atom is -0.480 e. The number of hydrogen-bond donors (Lipinski definition) is 1. The van der Waals surface area contributed by atoms with Gasteiger partial charge in [-0.15, -0.1) is 0 Å². The van der Waals surface area contributed by atoms with E-state index in [9.17, 15) is 4.79 Å². The van der Waals surface area contributed by atoms with Crippen LogP contribution in [-0.4, -0.2) is 35.6 Å². The van der Waals surface area contributed by atoms with Gasteiger partial charge in [-0.25, -0.2) is 0 Å². The summed E-state index contributed by atoms with van der Waals surface area (Å²) in [5.41, 5.74) is 2.40. The maximum Gasteiger partial charge on any atom is 0.317 e. The Morgan fingerprint density at radius 3 is 1.81 bits per heavy atom. The minimum absolute atomic E-state index is 0.0390. The molecule has 0 aromatic heterocycles. The highest BCUT2D eigenvalue weighted by molar-refractivity contribution is 5.69. The van der Waals surface area contributed by atoms with Gasteiger partial charge >= 0.3 is 5.97 Å². The van der Waals surface area contributed by atoms with E-state index in [-0.39, 0.29) is 18.5 Å². The zero-order valence-electron chi connectivity index (χ0n) is 12.4. The van der Waals surface area contributed by atoms with Crippen molar-refractivity contribution in [1.82, 2.24) is 4.90 Å². The van der Waals surface area contributed by atoms with E-state index in [1.165, 1.54) is 11.1 Å². The number of carboxylic acid groups (broad SMARTS) is 1. The van der Waals surface area contributed by atoms with E-state index < -0.39 is 5.97 Å². The fourth-order valence-electron chi connectivity index (χ4n) is 2.68. The number of rotatable bonds is 6. The van der Waals surface area contributed by atoms with Crippen LogP contribution in [0.4, 0.5) is 0 Å². The lowest BCUT2D eigenvalue weighted by Crippen LogP contribution is -2.38. The first-order valence-corrected chi connectivity index (χ1v) is 7.11. The maximum absolute atomic E-state index is 11.0. The van der Waals surface area contributed by atoms with Crippen LogP contribution in [0.5, 0.6) is 0 Å². The number of hydrogen-bond acceptors (Lipinski definition) is 2. The first kappa shape index (κ1) is 15.3. The van der Waals surface area contributed by atoms with Gasteiger partial charge in [0.1, 0.15) is 0 Å². The predicted octanol–water partition coefficient (Wildman–Crippen LogP) is 3.22. The average molecular weight is 283 g/mol. The quantitative estimate of drug-likeness (QED) is 0.885. The molecule has 110 valence electrons. The summed E-state index contributed by atoms with van der Waals surface area (Å²) in [5.74, 6) is -0.652. The summed E-state index contributed by atoms with van der Waals surface area (Å²) < 4.78 is 0. The molecule has 0 saturated heterocycles. The summed E-state index contributed by atoms with van der Waals surface area (Å²) in [4.78, 5) is 12.9. The summed E-state index contributed by atoms with van der Waals surface area (Å²) in [6.07, 6.45) is 0. The molecular weight excluding hydrogens is 262 g/mol. The Morgan fingerprint density at radius 1 is 1.00 bits per heavy atom. The summed E-state index contributed by atoms with van der Waals surface area (Å²) in [5, 5.41) is 9.01. The Labute approximate surface area is 125 Å². The van der Waals surface area contributed by atoms with Crippen molar-refractivity contribution in [1.29, 1.82) is 0 Å². The van der Waals surface area contributed by atoms with Gasteiger partial charge in [-0.05, 0) is 25.1 Å². The first-order valence-electron chi connectivity index (χ1n) is 7.11. The molecule has 0 heterocycles. The third kappa shape index (κ3) is 3.92. The number of aliphatic carboxylic acids is 1. The van der Waals surface area contributed by atoms with Gasteiger partial charge in [-0.3, -0.25) is 9.69 Å². The molecule has 0 fully saturated rings. The molecule has 0 saturated carbocycles. The highest BCUT2D eigenvalue weighted by Gasteiger charge is 2.25. The highest BCUT2D eigenvalue weighted by atomic mass is 16.4. The zero-order chi connectivity index (χ0) is 15.2. The van der Waals surface area contributed by atoms with Crippen molar-refractivity contribution >= 4 is 5.97 Å². The number of nitrogens with zero attached hydrogens (tertiary/aromatic N) is 1. The lowest BCUT2D eigenvalue weighted by Gasteiger charge is -2.31. The Bertz CT molecular complexity index is 529. The second-order valence-corrected chi connectivity index (χ2v) is 5.35. The van der Waals surface area contributed by atoms with Crippen LogP contribution in [0.25, 0.3) is 0 Å². The van der Waals surface area contributed by atoms with Gasteiger partial charge in [-0.1, -0.05) is 60.7 Å². The van der Waals surface area contributed by atoms with E-state index in [1.54, 1.807) is 0 Å². The van der Waals surface area contributed by atoms with Crippen molar-refractivity contribution in [2.24, 2.45) is 0 Å². The van der Waals surface area contributed by atoms with E-state index in [4.69, 9.17) is 5.11 Å². The van der Waals surface area contributed by atoms with Crippen LogP contribution in [0.1, 0.15) is 24.0 Å². The minimum atomic E-state index is -0.802. The molecular formula is C18H21NO2. The van der Waals surface area contributed by atoms with Crippen LogP contribution in [-0.2, 0) is 4.79 Å². The molecule has 3 nitrogen and oxygen atoms in total. The molecule has 0 spiro atoms. The molecule has 1 atom stereocenters. The van der Waals surface area contributed by atoms with Crippen molar-refractivity contribution in [3.63, 3.8) is 0 Å². The lowest BCUT2D eigenvalue weighted by atomic mass is 9.85. The van der Waals surface area contributed by atoms with Crippen molar-refractivity contribution in [2.75, 3.05) is 13.6 Å². The van der Waals surface area contributed by atoms with E-state index in [0.29, 0.717) is 0 Å². The number of carbonyl (C=O) groups is 1. The highest BCUT2D eigenvalue weighted by Crippen LogP contribution is 2.30. The summed E-state index contributed by atoms with van der Waals surface area (Å²) in [7, 11) is 1.86. The monoisotopic (exact) mass is 283 g/mol. The summed E-state index contributed by atoms with van der Waals surface area (Å²) in [6.45, 7) is 2.12. The molecule has 0 amide bonds. The number of likely N-dealkylation sites (N-methyl/N-ethyl adjacent to an activating group) is 1. The third-order valence-electron chi connectivity index (χ3n) is 3.88. The predicted molar refractivity (Wildman–Crippen MR) is 84.5 cm³/mol. The van der Waals surface area contributed by atoms with Gasteiger partial charge in [-0.2, -0.15) is 0 Å². The van der Waals surface area contributed by atoms with Crippen molar-refractivity contribution in [2.45, 2.75) is 18.9 Å². The molecule has 0 aliphatic rings. The molecule has 21 heavy (non-hydrogen) atoms. The van der Waals surface area contributed by atoms with Gasteiger partial charge < -0.3 is 5.11 Å². The first-order chi connectivity index (χ1) is 10.1. The van der Waals surface area contributed by atoms with Gasteiger partial charge in [0.15, 0.2) is 0 Å². The fourth-order valence-corrected chi connectivity index (χ4v) is 2.68. The van der Waals surface area contributed by atoms with E-state index >= 15 is 0 Å². The molecule has 2 rings (SSSR count). The molecule has 1 N–H and O–H groups in total. The lowest BCUT2D eigenvalue weighted by molar-refractivity contribution is -0.138. The topological polar surface area (TPSA) is 40.5 Å². The average Bonchev–Trinajstić information content (AvgIpc) is 2.49. The van der Waals surface area contributed by atoms with Crippen LogP contribution in [0.3, 0.4) is 0 Å². The van der Waals surface area contributed by atoms with Gasteiger partial charge in [0, 0.05) is 12.0 Å². The molecule has 0 aliphatic carbocycles. The van der Waals surface area contributed by atoms with Crippen LogP contribution in [0.2, 0.25) is 0 Å². The van der Waals surface area contributed by atoms with Gasteiger partial charge in [0.05, 0.1) is 6.54 Å². The Balaban J connectivity index is 2.35. The summed E-state index contributed by atoms with van der Waals surface area (Å²) >= 11 is 0. The van der Waals surface area contributed by atoms with Crippen LogP contribution in [0, 0.1) is 0 Å². The molecule has 3 heteroatoms. The third-order valence-corrected chi connectivity index (χ3v) is 3.88. The van der Waals surface area contributed by atoms with E-state index in [1.807, 2.05) is 48.3 Å². The van der Waals surface area contributed by atoms with Crippen LogP contribution >= 0.6 is 0 Å². The SMILES string of the molecule is CC(C(c1ccccc1)c1ccccc1)N(C)CC(=O)O. The normalized spacial score (nSPS) is 12.6. The smallest absolute Gasteiger partial charge is 0.317 e. The number of benzene rings is 2. The zero-order valence-corrected chi connectivity index (χ0v) is 12.4. The maximum atomic E-state index is 11.0. The second kappa shape index (κ2) is 7.04. The molecule has 1 unspecified atom stereocenters. The Kier molecular flexibility index (Phi) is 5.12. The van der Waals surface area contributed by atoms with Crippen LogP contribution in [0.15, 0.2) is 60.7 Å². The largest absolute Gasteiger partial charge is 0.480 e. The Morgan fingerprint density at radius 2 is 1.43 bits per heavy atom. The molecule has 2 aromatic carbocycles. The van der Waals surface area contributed by atoms with Crippen molar-refractivity contribution in [3.05, 3.63) is 71.8 Å². The Hall–Kier alpha value is -2.13. The molecule has 0 aliphatic heterocycles. The van der Waals surface area contributed by atoms with E-state index in [0.717, 1.165) is 0 Å². The van der Waals surface area contributed by atoms with Gasteiger partial charge in [0.25, 0.3) is 0 Å². The number of carboxylic acids is 1. The molecule has 0 bridgehead atoms. The fraction of sp³-hybridized carbons (Fsp3) is 0.278. The molecule has 2 aromatic rings. The van der Waals surface area contributed by atoms with E-state index in [2.05, 4.69) is 31.2 Å².